The molecule has 1 heterocycles. The second-order valence-corrected chi connectivity index (χ2v) is 7.56. The van der Waals surface area contributed by atoms with Crippen molar-refractivity contribution in [3.05, 3.63) is 69.8 Å². The zero-order valence-corrected chi connectivity index (χ0v) is 17.2. The van der Waals surface area contributed by atoms with Crippen molar-refractivity contribution in [2.24, 2.45) is 4.99 Å². The normalized spacial score (nSPS) is 11.4. The van der Waals surface area contributed by atoms with E-state index < -0.39 is 0 Å². The smallest absolute Gasteiger partial charge is 0.279 e. The first-order chi connectivity index (χ1) is 13.9. The number of aryl methyl sites for hydroxylation is 1. The molecule has 0 fully saturated rings. The summed E-state index contributed by atoms with van der Waals surface area (Å²) in [6, 6.07) is 14.2. The van der Waals surface area contributed by atoms with Gasteiger partial charge in [-0.1, -0.05) is 17.7 Å². The number of thiazole rings is 1. The molecule has 150 valence electrons. The number of aromatic nitrogens is 1. The first-order valence-corrected chi connectivity index (χ1v) is 10.2. The number of amides is 2. The standard InChI is InChI=1S/C22H23N3O3S/c1-15-4-6-18(7-5-15)21(28)24-22-25(13-3-12-23-16(2)26)20(14-29-22)17-8-10-19(27)11-9-17/h4-11,14,27H,3,12-13H2,1-2H3,(H,23,26)/b24-22-. The van der Waals surface area contributed by atoms with Gasteiger partial charge in [0.1, 0.15) is 5.75 Å². The molecule has 0 bridgehead atoms. The molecule has 1 aromatic heterocycles. The number of carbonyl (C=O) groups is 2. The lowest BCUT2D eigenvalue weighted by molar-refractivity contribution is -0.118. The summed E-state index contributed by atoms with van der Waals surface area (Å²) in [5, 5.41) is 14.3. The number of benzene rings is 2. The van der Waals surface area contributed by atoms with Crippen LogP contribution in [-0.2, 0) is 11.3 Å². The van der Waals surface area contributed by atoms with Gasteiger partial charge in [-0.25, -0.2) is 0 Å². The van der Waals surface area contributed by atoms with Gasteiger partial charge in [0.25, 0.3) is 5.91 Å². The molecule has 3 rings (SSSR count). The van der Waals surface area contributed by atoms with Crippen LogP contribution in [-0.4, -0.2) is 28.0 Å². The predicted molar refractivity (Wildman–Crippen MR) is 114 cm³/mol. The lowest BCUT2D eigenvalue weighted by Gasteiger charge is -2.10. The van der Waals surface area contributed by atoms with Crippen LogP contribution in [0.15, 0.2) is 58.9 Å². The summed E-state index contributed by atoms with van der Waals surface area (Å²) < 4.78 is 1.98. The average Bonchev–Trinajstić information content (AvgIpc) is 3.08. The third kappa shape index (κ3) is 5.42. The lowest BCUT2D eigenvalue weighted by Crippen LogP contribution is -2.24. The molecule has 0 atom stereocenters. The van der Waals surface area contributed by atoms with Gasteiger partial charge >= 0.3 is 0 Å². The second-order valence-electron chi connectivity index (χ2n) is 6.72. The van der Waals surface area contributed by atoms with E-state index in [0.29, 0.717) is 29.9 Å². The largest absolute Gasteiger partial charge is 0.508 e. The topological polar surface area (TPSA) is 83.7 Å². The molecule has 0 aliphatic heterocycles. The van der Waals surface area contributed by atoms with Crippen LogP contribution in [0.1, 0.15) is 29.3 Å². The summed E-state index contributed by atoms with van der Waals surface area (Å²) in [5.74, 6) is -0.168. The minimum atomic E-state index is -0.292. The van der Waals surface area contributed by atoms with E-state index in [1.807, 2.05) is 41.1 Å². The Hall–Kier alpha value is -3.19. The van der Waals surface area contributed by atoms with Crippen molar-refractivity contribution < 1.29 is 14.7 Å². The van der Waals surface area contributed by atoms with E-state index in [2.05, 4.69) is 10.3 Å². The minimum Gasteiger partial charge on any atom is -0.508 e. The number of carbonyl (C=O) groups excluding carboxylic acids is 2. The zero-order chi connectivity index (χ0) is 20.8. The molecule has 0 unspecified atom stereocenters. The van der Waals surface area contributed by atoms with Crippen molar-refractivity contribution in [3.8, 4) is 17.0 Å². The van der Waals surface area contributed by atoms with Crippen LogP contribution in [0.4, 0.5) is 0 Å². The van der Waals surface area contributed by atoms with Crippen molar-refractivity contribution >= 4 is 23.2 Å². The van der Waals surface area contributed by atoms with Gasteiger partial charge in [-0.15, -0.1) is 11.3 Å². The fraction of sp³-hybridized carbons (Fsp3) is 0.227. The maximum Gasteiger partial charge on any atom is 0.279 e. The van der Waals surface area contributed by atoms with E-state index in [0.717, 1.165) is 16.8 Å². The van der Waals surface area contributed by atoms with Gasteiger partial charge in [-0.3, -0.25) is 9.59 Å². The van der Waals surface area contributed by atoms with E-state index in [9.17, 15) is 14.7 Å². The van der Waals surface area contributed by atoms with E-state index in [4.69, 9.17) is 0 Å². The van der Waals surface area contributed by atoms with Crippen LogP contribution < -0.4 is 10.1 Å². The number of rotatable bonds is 6. The van der Waals surface area contributed by atoms with Crippen molar-refractivity contribution in [2.45, 2.75) is 26.8 Å². The molecule has 3 aromatic rings. The predicted octanol–water partition coefficient (Wildman–Crippen LogP) is 3.50. The number of aromatic hydroxyl groups is 1. The fourth-order valence-electron chi connectivity index (χ4n) is 2.85. The van der Waals surface area contributed by atoms with Gasteiger partial charge in [0, 0.05) is 31.0 Å². The van der Waals surface area contributed by atoms with Gasteiger partial charge in [0.2, 0.25) is 5.91 Å². The summed E-state index contributed by atoms with van der Waals surface area (Å²) in [5.41, 5.74) is 3.45. The highest BCUT2D eigenvalue weighted by Crippen LogP contribution is 2.23. The number of hydrogen-bond acceptors (Lipinski definition) is 4. The molecule has 6 nitrogen and oxygen atoms in total. The van der Waals surface area contributed by atoms with Crippen molar-refractivity contribution in [3.63, 3.8) is 0 Å². The molecule has 2 amide bonds. The van der Waals surface area contributed by atoms with Gasteiger partial charge in [-0.05, 0) is 55.3 Å². The maximum atomic E-state index is 12.6. The summed E-state index contributed by atoms with van der Waals surface area (Å²) >= 11 is 1.39. The Morgan fingerprint density at radius 3 is 2.45 bits per heavy atom. The molecule has 2 aromatic carbocycles. The van der Waals surface area contributed by atoms with Crippen LogP contribution in [0.2, 0.25) is 0 Å². The van der Waals surface area contributed by atoms with Crippen molar-refractivity contribution in [1.82, 2.24) is 9.88 Å². The Kier molecular flexibility index (Phi) is 6.61. The molecule has 29 heavy (non-hydrogen) atoms. The number of phenolic OH excluding ortho intramolecular Hbond substituents is 1. The van der Waals surface area contributed by atoms with Crippen LogP contribution >= 0.6 is 11.3 Å². The van der Waals surface area contributed by atoms with E-state index in [1.165, 1.54) is 18.3 Å². The Bertz CT molecular complexity index is 1060. The highest BCUT2D eigenvalue weighted by atomic mass is 32.1. The zero-order valence-electron chi connectivity index (χ0n) is 16.4. The van der Waals surface area contributed by atoms with Crippen LogP contribution in [0.25, 0.3) is 11.3 Å². The Labute approximate surface area is 173 Å². The molecule has 0 radical (unpaired) electrons. The van der Waals surface area contributed by atoms with E-state index in [-0.39, 0.29) is 17.6 Å². The molecule has 0 saturated carbocycles. The highest BCUT2D eigenvalue weighted by molar-refractivity contribution is 7.07. The SMILES string of the molecule is CC(=O)NCCCn1c(-c2ccc(O)cc2)cs/c1=N\C(=O)c1ccc(C)cc1. The van der Waals surface area contributed by atoms with Gasteiger partial charge in [0.05, 0.1) is 5.69 Å². The molecule has 0 spiro atoms. The third-order valence-corrected chi connectivity index (χ3v) is 5.25. The quantitative estimate of drug-likeness (QED) is 0.611. The molecule has 0 aliphatic carbocycles. The van der Waals surface area contributed by atoms with Gasteiger partial charge in [0.15, 0.2) is 4.80 Å². The number of hydrogen-bond donors (Lipinski definition) is 2. The monoisotopic (exact) mass is 409 g/mol. The maximum absolute atomic E-state index is 12.6. The Morgan fingerprint density at radius 1 is 1.10 bits per heavy atom. The molecule has 0 saturated heterocycles. The van der Waals surface area contributed by atoms with Gasteiger partial charge in [-0.2, -0.15) is 4.99 Å². The average molecular weight is 410 g/mol. The second kappa shape index (κ2) is 9.34. The minimum absolute atomic E-state index is 0.0708. The molecule has 0 aliphatic rings. The van der Waals surface area contributed by atoms with Crippen LogP contribution in [0.5, 0.6) is 5.75 Å². The van der Waals surface area contributed by atoms with Crippen LogP contribution in [0, 0.1) is 6.92 Å². The Balaban J connectivity index is 1.94. The van der Waals surface area contributed by atoms with Crippen molar-refractivity contribution in [2.75, 3.05) is 6.54 Å². The molecule has 7 heteroatoms. The van der Waals surface area contributed by atoms with Crippen LogP contribution in [0.3, 0.4) is 0 Å². The number of phenols is 1. The molecular weight excluding hydrogens is 386 g/mol. The first-order valence-electron chi connectivity index (χ1n) is 9.32. The highest BCUT2D eigenvalue weighted by Gasteiger charge is 2.11. The van der Waals surface area contributed by atoms with E-state index >= 15 is 0 Å². The summed E-state index contributed by atoms with van der Waals surface area (Å²) in [6.45, 7) is 4.59. The fourth-order valence-corrected chi connectivity index (χ4v) is 3.78. The van der Waals surface area contributed by atoms with Gasteiger partial charge < -0.3 is 15.0 Å². The van der Waals surface area contributed by atoms with Crippen molar-refractivity contribution in [1.29, 1.82) is 0 Å². The van der Waals surface area contributed by atoms with E-state index in [1.54, 1.807) is 24.3 Å². The summed E-state index contributed by atoms with van der Waals surface area (Å²) in [7, 11) is 0. The number of nitrogens with zero attached hydrogens (tertiary/aromatic N) is 2. The molecule has 2 N–H and O–H groups in total. The third-order valence-electron chi connectivity index (χ3n) is 4.39. The molecular formula is C22H23N3O3S. The summed E-state index contributed by atoms with van der Waals surface area (Å²) in [6.07, 6.45) is 0.702. The first kappa shape index (κ1) is 20.5. The summed E-state index contributed by atoms with van der Waals surface area (Å²) in [4.78, 5) is 28.7. The Morgan fingerprint density at radius 2 is 1.79 bits per heavy atom. The lowest BCUT2D eigenvalue weighted by atomic mass is 10.1. The number of nitrogens with one attached hydrogen (secondary N) is 1.